The lowest BCUT2D eigenvalue weighted by molar-refractivity contribution is -0.135. The van der Waals surface area contributed by atoms with Crippen molar-refractivity contribution >= 4 is 17.6 Å². The third kappa shape index (κ3) is 3.52. The molecular weight excluding hydrogens is 330 g/mol. The number of para-hydroxylation sites is 1. The fourth-order valence-electron chi connectivity index (χ4n) is 2.94. The number of ether oxygens (including phenoxy) is 1. The van der Waals surface area contributed by atoms with Gasteiger partial charge in [-0.3, -0.25) is 19.3 Å². The molecule has 3 rings (SSSR count). The molecule has 0 aliphatic carbocycles. The molecule has 0 saturated carbocycles. The molecule has 0 aromatic heterocycles. The molecule has 2 aromatic carbocycles. The van der Waals surface area contributed by atoms with Gasteiger partial charge in [-0.05, 0) is 25.5 Å². The molecule has 1 aliphatic heterocycles. The Morgan fingerprint density at radius 2 is 1.77 bits per heavy atom. The van der Waals surface area contributed by atoms with Crippen molar-refractivity contribution in [2.24, 2.45) is 0 Å². The monoisotopic (exact) mass is 351 g/mol. The second kappa shape index (κ2) is 7.52. The van der Waals surface area contributed by atoms with Gasteiger partial charge in [0.2, 0.25) is 0 Å². The molecule has 5 nitrogen and oxygen atoms in total. The first-order chi connectivity index (χ1) is 12.5. The minimum Gasteiger partial charge on any atom is -0.480 e. The van der Waals surface area contributed by atoms with Gasteiger partial charge >= 0.3 is 0 Å². The van der Waals surface area contributed by atoms with E-state index in [1.54, 1.807) is 36.4 Å². The third-order valence-corrected chi connectivity index (χ3v) is 4.40. The predicted octanol–water partition coefficient (Wildman–Crippen LogP) is 3.41. The first kappa shape index (κ1) is 17.9. The predicted molar refractivity (Wildman–Crippen MR) is 97.3 cm³/mol. The Morgan fingerprint density at radius 1 is 1.08 bits per heavy atom. The van der Waals surface area contributed by atoms with Crippen molar-refractivity contribution in [3.63, 3.8) is 0 Å². The zero-order valence-corrected chi connectivity index (χ0v) is 14.9. The Balaban J connectivity index is 1.92. The number of hydrogen-bond donors (Lipinski definition) is 0. The number of aryl methyl sites for hydroxylation is 1. The van der Waals surface area contributed by atoms with Crippen molar-refractivity contribution in [2.75, 3.05) is 6.54 Å². The molecule has 0 fully saturated rings. The fourth-order valence-corrected chi connectivity index (χ4v) is 2.94. The van der Waals surface area contributed by atoms with Gasteiger partial charge in [0, 0.05) is 5.56 Å². The van der Waals surface area contributed by atoms with Crippen molar-refractivity contribution in [1.82, 2.24) is 4.90 Å². The summed E-state index contributed by atoms with van der Waals surface area (Å²) in [6, 6.07) is 13.8. The third-order valence-electron chi connectivity index (χ3n) is 4.40. The van der Waals surface area contributed by atoms with Crippen LogP contribution in [0.25, 0.3) is 0 Å². The van der Waals surface area contributed by atoms with Crippen LogP contribution in [0.3, 0.4) is 0 Å². The number of carbonyl (C=O) groups excluding carboxylic acids is 3. The summed E-state index contributed by atoms with van der Waals surface area (Å²) in [4.78, 5) is 39.4. The molecule has 26 heavy (non-hydrogen) atoms. The summed E-state index contributed by atoms with van der Waals surface area (Å²) in [6.45, 7) is 3.58. The summed E-state index contributed by atoms with van der Waals surface area (Å²) in [6.07, 6.45) is 0.445. The second-order valence-corrected chi connectivity index (χ2v) is 6.41. The van der Waals surface area contributed by atoms with Gasteiger partial charge in [0.25, 0.3) is 11.8 Å². The van der Waals surface area contributed by atoms with E-state index in [2.05, 4.69) is 0 Å². The second-order valence-electron chi connectivity index (χ2n) is 6.41. The molecule has 0 saturated heterocycles. The van der Waals surface area contributed by atoms with Crippen LogP contribution in [0.2, 0.25) is 0 Å². The van der Waals surface area contributed by atoms with Crippen molar-refractivity contribution in [3.8, 4) is 5.75 Å². The highest BCUT2D eigenvalue weighted by Gasteiger charge is 2.36. The number of imide groups is 1. The van der Waals surface area contributed by atoms with Crippen LogP contribution in [0.15, 0.2) is 48.5 Å². The Morgan fingerprint density at radius 3 is 2.46 bits per heavy atom. The molecule has 134 valence electrons. The van der Waals surface area contributed by atoms with E-state index in [0.717, 1.165) is 16.9 Å². The number of Topliss-reactive ketones (excluding diaryl/α,β-unsaturated/α-hetero) is 1. The quantitative estimate of drug-likeness (QED) is 0.612. The van der Waals surface area contributed by atoms with E-state index in [1.807, 2.05) is 26.0 Å². The SMILES string of the molecule is CCC[C@H]1Oc2ccccc2C(=O)N(CC(=O)c2ccc(C)cc2)C1=O. The zero-order chi connectivity index (χ0) is 18.7. The van der Waals surface area contributed by atoms with Crippen LogP contribution < -0.4 is 4.74 Å². The maximum Gasteiger partial charge on any atom is 0.270 e. The Hall–Kier alpha value is -2.95. The van der Waals surface area contributed by atoms with E-state index in [-0.39, 0.29) is 12.3 Å². The van der Waals surface area contributed by atoms with Crippen molar-refractivity contribution in [3.05, 3.63) is 65.2 Å². The molecule has 0 radical (unpaired) electrons. The summed E-state index contributed by atoms with van der Waals surface area (Å²) < 4.78 is 5.79. The first-order valence-corrected chi connectivity index (χ1v) is 8.72. The first-order valence-electron chi connectivity index (χ1n) is 8.72. The minimum absolute atomic E-state index is 0.277. The summed E-state index contributed by atoms with van der Waals surface area (Å²) in [5.74, 6) is -0.853. The van der Waals surface area contributed by atoms with Gasteiger partial charge < -0.3 is 4.74 Å². The lowest BCUT2D eigenvalue weighted by atomic mass is 10.1. The lowest BCUT2D eigenvalue weighted by Gasteiger charge is -2.21. The van der Waals surface area contributed by atoms with Crippen LogP contribution in [0.4, 0.5) is 0 Å². The fraction of sp³-hybridized carbons (Fsp3) is 0.286. The lowest BCUT2D eigenvalue weighted by Crippen LogP contribution is -2.45. The van der Waals surface area contributed by atoms with Crippen LogP contribution in [-0.4, -0.2) is 35.1 Å². The maximum atomic E-state index is 12.9. The van der Waals surface area contributed by atoms with Crippen LogP contribution in [0.1, 0.15) is 46.0 Å². The van der Waals surface area contributed by atoms with E-state index in [1.165, 1.54) is 0 Å². The maximum absolute atomic E-state index is 12.9. The minimum atomic E-state index is -0.765. The van der Waals surface area contributed by atoms with E-state index in [4.69, 9.17) is 4.74 Å². The van der Waals surface area contributed by atoms with E-state index < -0.39 is 17.9 Å². The molecular formula is C21H21NO4. The highest BCUT2D eigenvalue weighted by atomic mass is 16.5. The van der Waals surface area contributed by atoms with Crippen LogP contribution in [0.5, 0.6) is 5.75 Å². The number of carbonyl (C=O) groups is 3. The average Bonchev–Trinajstić information content (AvgIpc) is 2.74. The van der Waals surface area contributed by atoms with Gasteiger partial charge in [-0.25, -0.2) is 0 Å². The molecule has 5 heteroatoms. The summed E-state index contributed by atoms with van der Waals surface area (Å²) >= 11 is 0. The molecule has 0 bridgehead atoms. The molecule has 1 aliphatic rings. The molecule has 0 spiro atoms. The number of benzene rings is 2. The average molecular weight is 351 g/mol. The Kier molecular flexibility index (Phi) is 5.16. The molecule has 0 unspecified atom stereocenters. The van der Waals surface area contributed by atoms with Crippen molar-refractivity contribution in [2.45, 2.75) is 32.8 Å². The van der Waals surface area contributed by atoms with Crippen LogP contribution >= 0.6 is 0 Å². The van der Waals surface area contributed by atoms with Gasteiger partial charge in [-0.2, -0.15) is 0 Å². The molecule has 0 N–H and O–H groups in total. The summed E-state index contributed by atoms with van der Waals surface area (Å²) in [5.41, 5.74) is 1.81. The van der Waals surface area contributed by atoms with Gasteiger partial charge in [0.15, 0.2) is 11.9 Å². The molecule has 2 amide bonds. The van der Waals surface area contributed by atoms with Gasteiger partial charge in [0.05, 0.1) is 12.1 Å². The molecule has 1 atom stereocenters. The largest absolute Gasteiger partial charge is 0.480 e. The van der Waals surface area contributed by atoms with Crippen LogP contribution in [-0.2, 0) is 4.79 Å². The van der Waals surface area contributed by atoms with Gasteiger partial charge in [-0.15, -0.1) is 0 Å². The molecule has 1 heterocycles. The van der Waals surface area contributed by atoms with Crippen molar-refractivity contribution < 1.29 is 19.1 Å². The van der Waals surface area contributed by atoms with Gasteiger partial charge in [0.1, 0.15) is 5.75 Å². The number of rotatable bonds is 5. The number of amides is 2. The van der Waals surface area contributed by atoms with Crippen LogP contribution in [0, 0.1) is 6.92 Å². The number of fused-ring (bicyclic) bond motifs is 1. The number of hydrogen-bond acceptors (Lipinski definition) is 4. The van der Waals surface area contributed by atoms with E-state index in [0.29, 0.717) is 23.3 Å². The topological polar surface area (TPSA) is 63.7 Å². The van der Waals surface area contributed by atoms with Gasteiger partial charge in [-0.1, -0.05) is 55.3 Å². The van der Waals surface area contributed by atoms with E-state index in [9.17, 15) is 14.4 Å². The Bertz CT molecular complexity index is 841. The number of ketones is 1. The zero-order valence-electron chi connectivity index (χ0n) is 14.9. The smallest absolute Gasteiger partial charge is 0.270 e. The highest BCUT2D eigenvalue weighted by Crippen LogP contribution is 2.27. The summed E-state index contributed by atoms with van der Waals surface area (Å²) in [5, 5.41) is 0. The van der Waals surface area contributed by atoms with E-state index >= 15 is 0 Å². The van der Waals surface area contributed by atoms with Crippen molar-refractivity contribution in [1.29, 1.82) is 0 Å². The normalized spacial score (nSPS) is 16.7. The standard InChI is InChI=1S/C21H21NO4/c1-3-6-19-21(25)22(13-17(23)15-11-9-14(2)10-12-15)20(24)16-7-4-5-8-18(16)26-19/h4-5,7-12,19H,3,6,13H2,1-2H3/t19-/m1/s1. The highest BCUT2D eigenvalue weighted by molar-refractivity contribution is 6.12. The summed E-state index contributed by atoms with van der Waals surface area (Å²) in [7, 11) is 0. The Labute approximate surface area is 152 Å². The molecule has 2 aromatic rings. The number of nitrogens with zero attached hydrogens (tertiary/aromatic N) is 1.